The average molecular weight is 424 g/mol. The molecular formula is C20H26ClN3O3S. The Morgan fingerprint density at radius 2 is 1.75 bits per heavy atom. The van der Waals surface area contributed by atoms with Gasteiger partial charge in [0, 0.05) is 32.6 Å². The van der Waals surface area contributed by atoms with Crippen molar-refractivity contribution in [2.45, 2.75) is 30.7 Å². The van der Waals surface area contributed by atoms with Crippen molar-refractivity contribution in [1.82, 2.24) is 9.62 Å². The summed E-state index contributed by atoms with van der Waals surface area (Å²) in [6.45, 7) is 2.96. The maximum atomic E-state index is 12.7. The van der Waals surface area contributed by atoms with E-state index in [4.69, 9.17) is 5.73 Å². The number of sulfonamides is 1. The summed E-state index contributed by atoms with van der Waals surface area (Å²) in [7, 11) is -3.65. The number of amides is 1. The average Bonchev–Trinajstić information content (AvgIpc) is 2.89. The fraction of sp³-hybridized carbons (Fsp3) is 0.350. The summed E-state index contributed by atoms with van der Waals surface area (Å²) >= 11 is 0. The highest BCUT2D eigenvalue weighted by Crippen LogP contribution is 2.21. The molecule has 28 heavy (non-hydrogen) atoms. The number of fused-ring (bicyclic) bond motifs is 1. The maximum Gasteiger partial charge on any atom is 0.240 e. The molecule has 0 aromatic heterocycles. The van der Waals surface area contributed by atoms with E-state index in [9.17, 15) is 13.2 Å². The largest absolute Gasteiger partial charge is 0.342 e. The van der Waals surface area contributed by atoms with Crippen LogP contribution in [0, 0.1) is 0 Å². The van der Waals surface area contributed by atoms with Crippen molar-refractivity contribution in [2.75, 3.05) is 19.6 Å². The number of hydrogen-bond donors (Lipinski definition) is 2. The highest BCUT2D eigenvalue weighted by Gasteiger charge is 2.20. The van der Waals surface area contributed by atoms with Crippen molar-refractivity contribution in [3.05, 3.63) is 65.2 Å². The molecule has 1 unspecified atom stereocenters. The molecule has 0 aliphatic carbocycles. The van der Waals surface area contributed by atoms with Crippen molar-refractivity contribution in [3.63, 3.8) is 0 Å². The van der Waals surface area contributed by atoms with Crippen LogP contribution in [0.3, 0.4) is 0 Å². The molecule has 2 aromatic carbocycles. The van der Waals surface area contributed by atoms with Crippen molar-refractivity contribution in [2.24, 2.45) is 5.73 Å². The summed E-state index contributed by atoms with van der Waals surface area (Å²) in [6, 6.07) is 14.2. The molecule has 3 N–H and O–H groups in total. The van der Waals surface area contributed by atoms with E-state index in [0.717, 1.165) is 23.1 Å². The number of nitrogens with one attached hydrogen (secondary N) is 1. The lowest BCUT2D eigenvalue weighted by Gasteiger charge is -2.17. The van der Waals surface area contributed by atoms with E-state index >= 15 is 0 Å². The van der Waals surface area contributed by atoms with Crippen LogP contribution in [0.1, 0.15) is 29.7 Å². The smallest absolute Gasteiger partial charge is 0.240 e. The van der Waals surface area contributed by atoms with Gasteiger partial charge in [0.2, 0.25) is 15.9 Å². The first kappa shape index (κ1) is 22.4. The van der Waals surface area contributed by atoms with Crippen LogP contribution in [0.2, 0.25) is 0 Å². The second-order valence-corrected chi connectivity index (χ2v) is 8.57. The third-order valence-electron chi connectivity index (χ3n) is 4.96. The van der Waals surface area contributed by atoms with E-state index < -0.39 is 16.1 Å². The van der Waals surface area contributed by atoms with Crippen LogP contribution < -0.4 is 10.5 Å². The molecule has 0 fully saturated rings. The summed E-state index contributed by atoms with van der Waals surface area (Å²) in [5, 5.41) is 0. The van der Waals surface area contributed by atoms with Crippen LogP contribution >= 0.6 is 12.4 Å². The number of carbonyl (C=O) groups excluding carboxylic acids is 1. The molecule has 2 aromatic rings. The second kappa shape index (κ2) is 9.52. The highest BCUT2D eigenvalue weighted by atomic mass is 35.5. The van der Waals surface area contributed by atoms with Gasteiger partial charge in [-0.3, -0.25) is 4.79 Å². The quantitative estimate of drug-likeness (QED) is 0.769. The molecule has 0 saturated carbocycles. The van der Waals surface area contributed by atoms with Gasteiger partial charge in [0.15, 0.2) is 0 Å². The molecule has 1 aliphatic heterocycles. The summed E-state index contributed by atoms with van der Waals surface area (Å²) < 4.78 is 28.0. The van der Waals surface area contributed by atoms with Gasteiger partial charge in [0.1, 0.15) is 0 Å². The molecule has 0 spiro atoms. The summed E-state index contributed by atoms with van der Waals surface area (Å²) in [5.74, 6) is 0.0483. The van der Waals surface area contributed by atoms with E-state index in [1.54, 1.807) is 24.0 Å². The lowest BCUT2D eigenvalue weighted by atomic mass is 10.0. The van der Waals surface area contributed by atoms with E-state index in [2.05, 4.69) is 4.72 Å². The Morgan fingerprint density at radius 1 is 1.11 bits per heavy atom. The molecule has 152 valence electrons. The Balaban J connectivity index is 0.00000280. The van der Waals surface area contributed by atoms with Gasteiger partial charge in [0.25, 0.3) is 0 Å². The first-order valence-electron chi connectivity index (χ1n) is 9.04. The normalized spacial score (nSPS) is 15.1. The van der Waals surface area contributed by atoms with Gasteiger partial charge in [-0.05, 0) is 41.7 Å². The van der Waals surface area contributed by atoms with Gasteiger partial charge in [-0.2, -0.15) is 0 Å². The number of hydrogen-bond acceptors (Lipinski definition) is 4. The van der Waals surface area contributed by atoms with E-state index in [0.29, 0.717) is 19.5 Å². The second-order valence-electron chi connectivity index (χ2n) is 6.81. The molecule has 0 radical (unpaired) electrons. The van der Waals surface area contributed by atoms with Crippen molar-refractivity contribution in [1.29, 1.82) is 0 Å². The van der Waals surface area contributed by atoms with Crippen molar-refractivity contribution in [3.8, 4) is 0 Å². The number of halogens is 1. The van der Waals surface area contributed by atoms with Crippen LogP contribution in [-0.2, 0) is 27.7 Å². The zero-order valence-corrected chi connectivity index (χ0v) is 17.4. The number of carbonyl (C=O) groups is 1. The van der Waals surface area contributed by atoms with Crippen molar-refractivity contribution >= 4 is 28.3 Å². The minimum atomic E-state index is -3.65. The standard InChI is InChI=1S/C20H25N3O3S.ClH/c1-15(24)23-11-9-16-7-8-19(13-18(16)10-12-23)27(25,26)22-14-20(21)17-5-3-2-4-6-17;/h2-8,13,20,22H,9-12,14,21H2,1H3;1H. The van der Waals surface area contributed by atoms with Gasteiger partial charge in [-0.1, -0.05) is 36.4 Å². The topological polar surface area (TPSA) is 92.5 Å². The minimum absolute atomic E-state index is 0. The molecule has 3 rings (SSSR count). The van der Waals surface area contributed by atoms with Crippen LogP contribution in [0.5, 0.6) is 0 Å². The Hall–Kier alpha value is -1.93. The first-order chi connectivity index (χ1) is 12.9. The third-order valence-corrected chi connectivity index (χ3v) is 6.38. The minimum Gasteiger partial charge on any atom is -0.342 e. The van der Waals surface area contributed by atoms with E-state index in [1.807, 2.05) is 36.4 Å². The van der Waals surface area contributed by atoms with Crippen LogP contribution in [0.15, 0.2) is 53.4 Å². The molecule has 1 atom stereocenters. The number of nitrogens with two attached hydrogens (primary N) is 1. The van der Waals surface area contributed by atoms with Crippen LogP contribution in [0.25, 0.3) is 0 Å². The Kier molecular flexibility index (Phi) is 7.60. The fourth-order valence-electron chi connectivity index (χ4n) is 3.28. The SMILES string of the molecule is CC(=O)N1CCc2ccc(S(=O)(=O)NCC(N)c3ccccc3)cc2CC1.Cl. The molecule has 0 bridgehead atoms. The van der Waals surface area contributed by atoms with Crippen LogP contribution in [0.4, 0.5) is 0 Å². The molecule has 1 aliphatic rings. The van der Waals surface area contributed by atoms with Gasteiger partial charge in [-0.25, -0.2) is 13.1 Å². The highest BCUT2D eigenvalue weighted by molar-refractivity contribution is 7.89. The monoisotopic (exact) mass is 423 g/mol. The predicted octanol–water partition coefficient (Wildman–Crippen LogP) is 2.03. The van der Waals surface area contributed by atoms with E-state index in [1.165, 1.54) is 0 Å². The van der Waals surface area contributed by atoms with Gasteiger partial charge in [-0.15, -0.1) is 12.4 Å². The molecule has 1 amide bonds. The molecule has 6 nitrogen and oxygen atoms in total. The summed E-state index contributed by atoms with van der Waals surface area (Å²) in [6.07, 6.45) is 1.39. The molecule has 1 heterocycles. The lowest BCUT2D eigenvalue weighted by molar-refractivity contribution is -0.128. The first-order valence-corrected chi connectivity index (χ1v) is 10.5. The molecule has 8 heteroatoms. The number of rotatable bonds is 5. The van der Waals surface area contributed by atoms with Gasteiger partial charge in [0.05, 0.1) is 4.90 Å². The van der Waals surface area contributed by atoms with Crippen LogP contribution in [-0.4, -0.2) is 38.9 Å². The third kappa shape index (κ3) is 5.32. The van der Waals surface area contributed by atoms with Gasteiger partial charge < -0.3 is 10.6 Å². The fourth-order valence-corrected chi connectivity index (χ4v) is 4.39. The van der Waals surface area contributed by atoms with Gasteiger partial charge >= 0.3 is 0 Å². The Bertz CT molecular complexity index is 920. The zero-order valence-electron chi connectivity index (χ0n) is 15.8. The van der Waals surface area contributed by atoms with E-state index in [-0.39, 0.29) is 29.8 Å². The Morgan fingerprint density at radius 3 is 2.39 bits per heavy atom. The molecule has 0 saturated heterocycles. The van der Waals surface area contributed by atoms with Crippen molar-refractivity contribution < 1.29 is 13.2 Å². The lowest BCUT2D eigenvalue weighted by Crippen LogP contribution is -2.32. The maximum absolute atomic E-state index is 12.7. The number of nitrogens with zero attached hydrogens (tertiary/aromatic N) is 1. The summed E-state index contributed by atoms with van der Waals surface area (Å²) in [4.78, 5) is 13.6. The number of benzene rings is 2. The molecular weight excluding hydrogens is 398 g/mol. The predicted molar refractivity (Wildman–Crippen MR) is 112 cm³/mol. The zero-order chi connectivity index (χ0) is 19.4. The Labute approximate surface area is 172 Å². The summed E-state index contributed by atoms with van der Waals surface area (Å²) in [5.41, 5.74) is 9.05.